The molecule has 0 unspecified atom stereocenters. The first kappa shape index (κ1) is 24.0. The molecule has 0 fully saturated rings. The zero-order valence-electron chi connectivity index (χ0n) is 19.4. The van der Waals surface area contributed by atoms with Gasteiger partial charge in [0.1, 0.15) is 12.3 Å². The third kappa shape index (κ3) is 4.73. The summed E-state index contributed by atoms with van der Waals surface area (Å²) in [7, 11) is -0.956. The summed E-state index contributed by atoms with van der Waals surface area (Å²) in [5.41, 5.74) is 2.10. The number of methoxy groups -OCH3 is 1. The molecule has 0 aliphatic carbocycles. The van der Waals surface area contributed by atoms with Crippen LogP contribution in [0, 0.1) is 6.92 Å². The highest BCUT2D eigenvalue weighted by Crippen LogP contribution is 2.37. The van der Waals surface area contributed by atoms with Gasteiger partial charge >= 0.3 is 0 Å². The summed E-state index contributed by atoms with van der Waals surface area (Å²) in [6, 6.07) is 19.8. The van der Waals surface area contributed by atoms with Crippen LogP contribution in [0.25, 0.3) is 10.9 Å². The molecule has 0 saturated heterocycles. The van der Waals surface area contributed by atoms with E-state index in [1.165, 1.54) is 35.9 Å². The predicted octanol–water partition coefficient (Wildman–Crippen LogP) is 4.71. The number of rotatable bonds is 7. The van der Waals surface area contributed by atoms with Gasteiger partial charge in [-0.25, -0.2) is 8.42 Å². The Kier molecular flexibility index (Phi) is 6.57. The Morgan fingerprint density at radius 3 is 2.34 bits per heavy atom. The molecule has 1 heterocycles. The van der Waals surface area contributed by atoms with Crippen molar-refractivity contribution in [3.05, 3.63) is 78.4 Å². The lowest BCUT2D eigenvalue weighted by molar-refractivity contribution is -0.116. The van der Waals surface area contributed by atoms with Gasteiger partial charge in [-0.15, -0.1) is 10.2 Å². The van der Waals surface area contributed by atoms with Gasteiger partial charge in [0.2, 0.25) is 5.88 Å². The van der Waals surface area contributed by atoms with E-state index in [2.05, 4.69) is 10.2 Å². The number of carbonyl (C=O) groups is 1. The van der Waals surface area contributed by atoms with Gasteiger partial charge in [0.15, 0.2) is 5.69 Å². The number of hydrogen-bond donors (Lipinski definition) is 1. The summed E-state index contributed by atoms with van der Waals surface area (Å²) in [4.78, 5) is 12.8. The molecule has 1 N–H and O–H groups in total. The van der Waals surface area contributed by atoms with Gasteiger partial charge in [-0.1, -0.05) is 35.9 Å². The van der Waals surface area contributed by atoms with E-state index < -0.39 is 22.5 Å². The minimum Gasteiger partial charge on any atom is -0.497 e. The monoisotopic (exact) mass is 492 g/mol. The van der Waals surface area contributed by atoms with Crippen LogP contribution in [-0.4, -0.2) is 37.7 Å². The smallest absolute Gasteiger partial charge is 0.285 e. The van der Waals surface area contributed by atoms with E-state index in [9.17, 15) is 18.3 Å². The summed E-state index contributed by atoms with van der Waals surface area (Å²) in [5, 5.41) is 18.7. The van der Waals surface area contributed by atoms with E-state index in [0.29, 0.717) is 16.8 Å². The Labute approximate surface area is 203 Å². The summed E-state index contributed by atoms with van der Waals surface area (Å²) in [6.45, 7) is 1.30. The first-order valence-corrected chi connectivity index (χ1v) is 12.1. The lowest BCUT2D eigenvalue weighted by Crippen LogP contribution is -2.35. The van der Waals surface area contributed by atoms with E-state index in [1.807, 2.05) is 13.0 Å². The van der Waals surface area contributed by atoms with Crippen LogP contribution in [0.4, 0.5) is 11.4 Å². The normalized spacial score (nSPS) is 11.7. The molecule has 1 amide bonds. The maximum absolute atomic E-state index is 13.5. The number of benzene rings is 3. The molecule has 0 aliphatic heterocycles. The van der Waals surface area contributed by atoms with Crippen molar-refractivity contribution in [3.8, 4) is 11.6 Å². The number of hydrogen-bond acceptors (Lipinski definition) is 6. The molecule has 0 spiro atoms. The van der Waals surface area contributed by atoms with Gasteiger partial charge in [0.05, 0.1) is 23.2 Å². The number of aromatic hydroxyl groups is 1. The van der Waals surface area contributed by atoms with Crippen LogP contribution in [0.5, 0.6) is 11.6 Å². The Morgan fingerprint density at radius 2 is 1.69 bits per heavy atom. The number of ether oxygens (including phenoxy) is 1. The summed E-state index contributed by atoms with van der Waals surface area (Å²) < 4.78 is 34.6. The molecular formula is C25H24N4O5S. The molecule has 0 atom stereocenters. The SMILES string of the molecule is COc1ccc(S(=O)(=O)N(CC(=O)N=Nc2c(O)n(C)c3ccccc23)c2ccc(C)cc2)cc1. The highest BCUT2D eigenvalue weighted by molar-refractivity contribution is 7.92. The van der Waals surface area contributed by atoms with Crippen LogP contribution in [0.15, 0.2) is 87.9 Å². The Bertz CT molecular complexity index is 1510. The Hall–Kier alpha value is -4.18. The average molecular weight is 493 g/mol. The number of nitrogens with zero attached hydrogens (tertiary/aromatic N) is 4. The highest BCUT2D eigenvalue weighted by Gasteiger charge is 2.27. The zero-order valence-corrected chi connectivity index (χ0v) is 20.2. The molecule has 35 heavy (non-hydrogen) atoms. The van der Waals surface area contributed by atoms with Gasteiger partial charge in [0, 0.05) is 12.4 Å². The highest BCUT2D eigenvalue weighted by atomic mass is 32.2. The largest absolute Gasteiger partial charge is 0.497 e. The number of aryl methyl sites for hydroxylation is 2. The number of para-hydroxylation sites is 1. The molecule has 0 radical (unpaired) electrons. The van der Waals surface area contributed by atoms with Gasteiger partial charge in [-0.05, 0) is 49.4 Å². The van der Waals surface area contributed by atoms with Gasteiger partial charge in [-0.2, -0.15) is 0 Å². The van der Waals surface area contributed by atoms with Crippen LogP contribution < -0.4 is 9.04 Å². The second-order valence-electron chi connectivity index (χ2n) is 7.86. The fraction of sp³-hybridized carbons (Fsp3) is 0.160. The molecule has 10 heteroatoms. The summed E-state index contributed by atoms with van der Waals surface area (Å²) >= 11 is 0. The lowest BCUT2D eigenvalue weighted by atomic mass is 10.2. The third-order valence-electron chi connectivity index (χ3n) is 5.56. The third-order valence-corrected chi connectivity index (χ3v) is 7.35. The number of sulfonamides is 1. The number of fused-ring (bicyclic) bond motifs is 1. The van der Waals surface area contributed by atoms with Gasteiger partial charge in [-0.3, -0.25) is 9.10 Å². The summed E-state index contributed by atoms with van der Waals surface area (Å²) in [5.74, 6) is -0.440. The van der Waals surface area contributed by atoms with Crippen LogP contribution in [-0.2, 0) is 21.9 Å². The van der Waals surface area contributed by atoms with Crippen molar-refractivity contribution in [3.63, 3.8) is 0 Å². The number of aromatic nitrogens is 1. The molecule has 0 saturated carbocycles. The molecule has 4 aromatic rings. The van der Waals surface area contributed by atoms with Crippen molar-refractivity contribution >= 4 is 38.2 Å². The maximum atomic E-state index is 13.5. The van der Waals surface area contributed by atoms with E-state index in [1.54, 1.807) is 49.5 Å². The molecule has 0 bridgehead atoms. The molecule has 180 valence electrons. The number of carbonyl (C=O) groups excluding carboxylic acids is 1. The Morgan fingerprint density at radius 1 is 1.03 bits per heavy atom. The van der Waals surface area contributed by atoms with Gasteiger partial charge < -0.3 is 14.4 Å². The second kappa shape index (κ2) is 9.59. The number of anilines is 1. The van der Waals surface area contributed by atoms with Crippen LogP contribution in [0.2, 0.25) is 0 Å². The quantitative estimate of drug-likeness (QED) is 0.376. The molecule has 0 aliphatic rings. The molecule has 4 rings (SSSR count). The van der Waals surface area contributed by atoms with Crippen molar-refractivity contribution in [2.24, 2.45) is 17.3 Å². The maximum Gasteiger partial charge on any atom is 0.285 e. The van der Waals surface area contributed by atoms with Crippen molar-refractivity contribution < 1.29 is 23.1 Å². The van der Waals surface area contributed by atoms with Crippen molar-refractivity contribution in [1.29, 1.82) is 0 Å². The molecule has 1 aromatic heterocycles. The predicted molar refractivity (Wildman–Crippen MR) is 133 cm³/mol. The van der Waals surface area contributed by atoms with Crippen LogP contribution in [0.3, 0.4) is 0 Å². The van der Waals surface area contributed by atoms with E-state index in [-0.39, 0.29) is 16.5 Å². The molecule has 9 nitrogen and oxygen atoms in total. The molecular weight excluding hydrogens is 468 g/mol. The van der Waals surface area contributed by atoms with E-state index in [0.717, 1.165) is 15.4 Å². The van der Waals surface area contributed by atoms with Gasteiger partial charge in [0.25, 0.3) is 15.9 Å². The van der Waals surface area contributed by atoms with Crippen LogP contribution >= 0.6 is 0 Å². The first-order valence-electron chi connectivity index (χ1n) is 10.7. The van der Waals surface area contributed by atoms with Crippen molar-refractivity contribution in [2.45, 2.75) is 11.8 Å². The minimum absolute atomic E-state index is 0.00434. The fourth-order valence-corrected chi connectivity index (χ4v) is 5.03. The van der Waals surface area contributed by atoms with Crippen molar-refractivity contribution in [1.82, 2.24) is 4.57 Å². The fourth-order valence-electron chi connectivity index (χ4n) is 3.62. The standard InChI is InChI=1S/C25H24N4O5S/c1-17-8-10-18(11-9-17)29(35(32,33)20-14-12-19(34-3)13-15-20)16-23(30)26-27-24-21-6-4-5-7-22(21)28(2)25(24)31/h4-15,31H,16H2,1-3H3. The topological polar surface area (TPSA) is 114 Å². The molecule has 3 aromatic carbocycles. The van der Waals surface area contributed by atoms with E-state index >= 15 is 0 Å². The minimum atomic E-state index is -4.11. The van der Waals surface area contributed by atoms with E-state index in [4.69, 9.17) is 4.74 Å². The summed E-state index contributed by atoms with van der Waals surface area (Å²) in [6.07, 6.45) is 0. The second-order valence-corrected chi connectivity index (χ2v) is 9.73. The average Bonchev–Trinajstić information content (AvgIpc) is 3.11. The van der Waals surface area contributed by atoms with Crippen molar-refractivity contribution in [2.75, 3.05) is 18.0 Å². The zero-order chi connectivity index (χ0) is 25.2. The lowest BCUT2D eigenvalue weighted by Gasteiger charge is -2.23. The Balaban J connectivity index is 1.68. The van der Waals surface area contributed by atoms with Crippen LogP contribution in [0.1, 0.15) is 5.56 Å². The number of amides is 1. The number of azo groups is 1. The first-order chi connectivity index (χ1) is 16.7.